The number of rotatable bonds is 5. The van der Waals surface area contributed by atoms with Gasteiger partial charge in [0, 0.05) is 45.9 Å². The summed E-state index contributed by atoms with van der Waals surface area (Å²) < 4.78 is 0. The molecule has 1 aromatic heterocycles. The van der Waals surface area contributed by atoms with Crippen LogP contribution >= 0.6 is 0 Å². The first-order valence-corrected chi connectivity index (χ1v) is 9.90. The Balaban J connectivity index is 1.95. The number of non-ortho nitro benzene ring substituents is 2. The molecule has 3 aromatic carbocycles. The van der Waals surface area contributed by atoms with Crippen molar-refractivity contribution in [3.8, 4) is 11.1 Å². The van der Waals surface area contributed by atoms with Crippen LogP contribution in [0.15, 0.2) is 54.7 Å². The highest BCUT2D eigenvalue weighted by Gasteiger charge is 2.40. The Morgan fingerprint density at radius 3 is 1.69 bits per heavy atom. The standard InChI is InChI=1S/C22H11N5O8/c28-24(29)12-6-16-15(5-11-10-23-18-4-2-1-3-14(11)18)17-7-13(25(30)31)9-20(27(34)35)22(17)21(16)19(8-12)26(32)33/h1-10,23H. The number of fused-ring (bicyclic) bond motifs is 4. The van der Waals surface area contributed by atoms with E-state index < -0.39 is 42.4 Å². The molecular formula is C22H11N5O8. The smallest absolute Gasteiger partial charge is 0.284 e. The summed E-state index contributed by atoms with van der Waals surface area (Å²) in [6.07, 6.45) is 3.18. The molecule has 13 heteroatoms. The van der Waals surface area contributed by atoms with Crippen LogP contribution in [0.25, 0.3) is 33.7 Å². The van der Waals surface area contributed by atoms with Crippen LogP contribution in [0.3, 0.4) is 0 Å². The molecule has 13 nitrogen and oxygen atoms in total. The Labute approximate surface area is 193 Å². The van der Waals surface area contributed by atoms with Gasteiger partial charge in [-0.15, -0.1) is 0 Å². The van der Waals surface area contributed by atoms with Crippen molar-refractivity contribution in [3.05, 3.63) is 112 Å². The van der Waals surface area contributed by atoms with E-state index in [0.29, 0.717) is 5.56 Å². The molecule has 0 bridgehead atoms. The van der Waals surface area contributed by atoms with Gasteiger partial charge < -0.3 is 4.98 Å². The minimum atomic E-state index is -0.866. The SMILES string of the molecule is O=[N+]([O-])c1cc2c(c([N+](=O)[O-])c1)-c1c(cc([N+](=O)[O-])cc1[N+](=O)[O-])C2=Cc1c[nH]c2ccccc12. The lowest BCUT2D eigenvalue weighted by molar-refractivity contribution is -0.395. The number of para-hydroxylation sites is 1. The number of aromatic nitrogens is 1. The number of hydrogen-bond acceptors (Lipinski definition) is 8. The van der Waals surface area contributed by atoms with Gasteiger partial charge in [-0.25, -0.2) is 0 Å². The zero-order valence-corrected chi connectivity index (χ0v) is 17.3. The molecule has 172 valence electrons. The number of nitrogens with one attached hydrogen (secondary N) is 1. The van der Waals surface area contributed by atoms with Gasteiger partial charge in [0.05, 0.1) is 43.0 Å². The number of nitrogens with zero attached hydrogens (tertiary/aromatic N) is 4. The molecule has 5 rings (SSSR count). The van der Waals surface area contributed by atoms with Gasteiger partial charge in [0.25, 0.3) is 22.7 Å². The van der Waals surface area contributed by atoms with E-state index in [9.17, 15) is 40.5 Å². The number of aromatic amines is 1. The Morgan fingerprint density at radius 1 is 0.686 bits per heavy atom. The maximum absolute atomic E-state index is 11.9. The molecule has 1 N–H and O–H groups in total. The second kappa shape index (κ2) is 7.55. The first-order chi connectivity index (χ1) is 16.7. The van der Waals surface area contributed by atoms with E-state index in [1.54, 1.807) is 36.5 Å². The molecule has 0 atom stereocenters. The molecule has 4 aromatic rings. The van der Waals surface area contributed by atoms with Gasteiger partial charge in [-0.05, 0) is 17.7 Å². The molecule has 1 aliphatic carbocycles. The van der Waals surface area contributed by atoms with E-state index >= 15 is 0 Å². The quantitative estimate of drug-likeness (QED) is 0.260. The van der Waals surface area contributed by atoms with E-state index in [-0.39, 0.29) is 27.8 Å². The van der Waals surface area contributed by atoms with E-state index in [1.165, 1.54) is 0 Å². The molecule has 0 spiro atoms. The Kier molecular flexibility index (Phi) is 4.61. The highest BCUT2D eigenvalue weighted by atomic mass is 16.6. The van der Waals surface area contributed by atoms with Crippen LogP contribution in [0.4, 0.5) is 22.7 Å². The second-order valence-corrected chi connectivity index (χ2v) is 7.65. The van der Waals surface area contributed by atoms with Crippen LogP contribution in [0.5, 0.6) is 0 Å². The van der Waals surface area contributed by atoms with E-state index in [4.69, 9.17) is 0 Å². The number of nitro benzene ring substituents is 4. The number of nitro groups is 4. The molecule has 0 saturated carbocycles. The topological polar surface area (TPSA) is 188 Å². The molecule has 35 heavy (non-hydrogen) atoms. The number of hydrogen-bond donors (Lipinski definition) is 1. The van der Waals surface area contributed by atoms with Crippen LogP contribution in [-0.4, -0.2) is 24.7 Å². The van der Waals surface area contributed by atoms with Crippen molar-refractivity contribution in [2.45, 2.75) is 0 Å². The molecule has 0 saturated heterocycles. The third kappa shape index (κ3) is 3.26. The van der Waals surface area contributed by atoms with Crippen molar-refractivity contribution < 1.29 is 19.7 Å². The molecule has 0 aliphatic heterocycles. The minimum Gasteiger partial charge on any atom is -0.361 e. The summed E-state index contributed by atoms with van der Waals surface area (Å²) in [6, 6.07) is 10.8. The van der Waals surface area contributed by atoms with Gasteiger partial charge in [0.2, 0.25) is 0 Å². The fraction of sp³-hybridized carbons (Fsp3) is 0. The van der Waals surface area contributed by atoms with Crippen LogP contribution in [0.2, 0.25) is 0 Å². The fourth-order valence-electron chi connectivity index (χ4n) is 4.34. The monoisotopic (exact) mass is 473 g/mol. The Hall–Kier alpha value is -5.46. The first-order valence-electron chi connectivity index (χ1n) is 9.90. The Morgan fingerprint density at radius 2 is 1.20 bits per heavy atom. The van der Waals surface area contributed by atoms with Crippen molar-refractivity contribution in [1.82, 2.24) is 4.98 Å². The van der Waals surface area contributed by atoms with Crippen molar-refractivity contribution in [3.63, 3.8) is 0 Å². The summed E-state index contributed by atoms with van der Waals surface area (Å²) in [6.45, 7) is 0. The van der Waals surface area contributed by atoms with Crippen LogP contribution in [0.1, 0.15) is 16.7 Å². The molecular weight excluding hydrogens is 462 g/mol. The zero-order valence-electron chi connectivity index (χ0n) is 17.3. The van der Waals surface area contributed by atoms with Gasteiger partial charge in [-0.2, -0.15) is 0 Å². The maximum Gasteiger partial charge on any atom is 0.284 e. The Bertz CT molecular complexity index is 1590. The van der Waals surface area contributed by atoms with Gasteiger partial charge >= 0.3 is 0 Å². The van der Waals surface area contributed by atoms with E-state index in [2.05, 4.69) is 4.98 Å². The third-order valence-corrected chi connectivity index (χ3v) is 5.77. The van der Waals surface area contributed by atoms with Crippen LogP contribution in [-0.2, 0) is 0 Å². The van der Waals surface area contributed by atoms with E-state index in [0.717, 1.165) is 35.2 Å². The van der Waals surface area contributed by atoms with Gasteiger partial charge in [0.1, 0.15) is 0 Å². The summed E-state index contributed by atoms with van der Waals surface area (Å²) in [7, 11) is 0. The molecule has 0 fully saturated rings. The average molecular weight is 473 g/mol. The minimum absolute atomic E-state index is 0.00483. The van der Waals surface area contributed by atoms with Gasteiger partial charge in [-0.1, -0.05) is 18.2 Å². The predicted octanol–water partition coefficient (Wildman–Crippen LogP) is 5.37. The summed E-state index contributed by atoms with van der Waals surface area (Å²) >= 11 is 0. The van der Waals surface area contributed by atoms with Crippen LogP contribution in [0, 0.1) is 40.5 Å². The van der Waals surface area contributed by atoms with E-state index in [1.807, 2.05) is 0 Å². The summed E-state index contributed by atoms with van der Waals surface area (Å²) in [5.74, 6) is 0. The van der Waals surface area contributed by atoms with Crippen molar-refractivity contribution in [2.24, 2.45) is 0 Å². The molecule has 1 heterocycles. The molecule has 0 radical (unpaired) electrons. The third-order valence-electron chi connectivity index (χ3n) is 5.77. The van der Waals surface area contributed by atoms with Gasteiger partial charge in [0.15, 0.2) is 0 Å². The highest BCUT2D eigenvalue weighted by molar-refractivity contribution is 6.13. The van der Waals surface area contributed by atoms with Crippen molar-refractivity contribution in [1.29, 1.82) is 0 Å². The second-order valence-electron chi connectivity index (χ2n) is 7.65. The fourth-order valence-corrected chi connectivity index (χ4v) is 4.34. The normalized spacial score (nSPS) is 11.7. The highest BCUT2D eigenvalue weighted by Crippen LogP contribution is 2.55. The summed E-state index contributed by atoms with van der Waals surface area (Å²) in [5, 5.41) is 47.6. The average Bonchev–Trinajstić information content (AvgIpc) is 3.37. The predicted molar refractivity (Wildman–Crippen MR) is 124 cm³/mol. The van der Waals surface area contributed by atoms with Gasteiger partial charge in [-0.3, -0.25) is 40.5 Å². The largest absolute Gasteiger partial charge is 0.361 e. The molecule has 0 amide bonds. The number of benzene rings is 3. The molecule has 1 aliphatic rings. The lowest BCUT2D eigenvalue weighted by Gasteiger charge is -2.04. The molecule has 0 unspecified atom stereocenters. The first kappa shape index (κ1) is 21.4. The van der Waals surface area contributed by atoms with Crippen molar-refractivity contribution in [2.75, 3.05) is 0 Å². The maximum atomic E-state index is 11.9. The summed E-state index contributed by atoms with van der Waals surface area (Å²) in [4.78, 5) is 46.5. The lowest BCUT2D eigenvalue weighted by Crippen LogP contribution is -1.99. The van der Waals surface area contributed by atoms with Crippen molar-refractivity contribution >= 4 is 45.3 Å². The lowest BCUT2D eigenvalue weighted by atomic mass is 9.99. The zero-order chi connectivity index (χ0) is 25.0. The number of H-pyrrole nitrogens is 1. The van der Waals surface area contributed by atoms with Crippen LogP contribution < -0.4 is 0 Å². The summed E-state index contributed by atoms with van der Waals surface area (Å²) in [5.41, 5.74) is -1.54.